The van der Waals surface area contributed by atoms with Gasteiger partial charge in [-0.25, -0.2) is 0 Å². The molecule has 0 aromatic rings. The number of carbonyl (C=O) groups is 1. The summed E-state index contributed by atoms with van der Waals surface area (Å²) in [6.45, 7) is 1.44. The summed E-state index contributed by atoms with van der Waals surface area (Å²) in [4.78, 5) is 9.96. The highest BCUT2D eigenvalue weighted by atomic mass is 35.5. The number of halogens is 1. The van der Waals surface area contributed by atoms with Crippen molar-refractivity contribution in [2.45, 2.75) is 19.1 Å². The quantitative estimate of drug-likeness (QED) is 0.412. The lowest BCUT2D eigenvalue weighted by Crippen LogP contribution is -2.33. The molecule has 0 unspecified atom stereocenters. The zero-order valence-electron chi connectivity index (χ0n) is 4.39. The van der Waals surface area contributed by atoms with Gasteiger partial charge < -0.3 is 10.2 Å². The predicted molar refractivity (Wildman–Crippen MR) is 28.3 cm³/mol. The molecule has 4 heteroatoms. The van der Waals surface area contributed by atoms with Crippen LogP contribution in [0.15, 0.2) is 0 Å². The van der Waals surface area contributed by atoms with Gasteiger partial charge in [0.05, 0.1) is 0 Å². The van der Waals surface area contributed by atoms with Gasteiger partial charge in [-0.2, -0.15) is 0 Å². The lowest BCUT2D eigenvalue weighted by molar-refractivity contribution is -0.174. The first-order valence-corrected chi connectivity index (χ1v) is 2.53. The molecule has 0 heterocycles. The van der Waals surface area contributed by atoms with Gasteiger partial charge in [0.15, 0.2) is 0 Å². The van der Waals surface area contributed by atoms with E-state index in [1.807, 2.05) is 0 Å². The fourth-order valence-corrected chi connectivity index (χ4v) is 0.273. The molecule has 0 aliphatic carbocycles. The van der Waals surface area contributed by atoms with Crippen molar-refractivity contribution >= 4 is 16.8 Å². The predicted octanol–water partition coefficient (Wildman–Crippen LogP) is -0.157. The summed E-state index contributed by atoms with van der Waals surface area (Å²) in [5.41, 5.74) is 0. The van der Waals surface area contributed by atoms with E-state index in [0.717, 1.165) is 0 Å². The molecule has 0 aromatic carbocycles. The first kappa shape index (κ1) is 7.88. The Morgan fingerprint density at radius 3 is 2.12 bits per heavy atom. The van der Waals surface area contributed by atoms with Crippen LogP contribution in [0.4, 0.5) is 0 Å². The summed E-state index contributed by atoms with van der Waals surface area (Å²) in [5.74, 6) is -2.33. The second-order valence-corrected chi connectivity index (χ2v) is 1.79. The SMILES string of the molecule is CCC(O)(O)C(=O)Cl. The minimum atomic E-state index is -2.33. The molecular weight excluding hydrogens is 131 g/mol. The van der Waals surface area contributed by atoms with Crippen molar-refractivity contribution in [1.82, 2.24) is 0 Å². The van der Waals surface area contributed by atoms with Crippen LogP contribution >= 0.6 is 11.6 Å². The van der Waals surface area contributed by atoms with E-state index in [2.05, 4.69) is 0 Å². The molecule has 0 atom stereocenters. The van der Waals surface area contributed by atoms with Gasteiger partial charge in [0, 0.05) is 6.42 Å². The monoisotopic (exact) mass is 138 g/mol. The highest BCUT2D eigenvalue weighted by Crippen LogP contribution is 2.07. The summed E-state index contributed by atoms with van der Waals surface area (Å²) < 4.78 is 0. The lowest BCUT2D eigenvalue weighted by Gasteiger charge is -2.12. The van der Waals surface area contributed by atoms with Crippen LogP contribution in [0, 0.1) is 0 Å². The number of aliphatic hydroxyl groups is 2. The second kappa shape index (κ2) is 2.44. The minimum absolute atomic E-state index is 0.0880. The Balaban J connectivity index is 3.91. The van der Waals surface area contributed by atoms with E-state index in [1.165, 1.54) is 6.92 Å². The third-order valence-electron chi connectivity index (χ3n) is 0.808. The van der Waals surface area contributed by atoms with Crippen molar-refractivity contribution in [3.05, 3.63) is 0 Å². The maximum absolute atomic E-state index is 9.96. The summed E-state index contributed by atoms with van der Waals surface area (Å²) in [6, 6.07) is 0. The number of carbonyl (C=O) groups excluding carboxylic acids is 1. The van der Waals surface area contributed by atoms with Crippen molar-refractivity contribution in [1.29, 1.82) is 0 Å². The maximum Gasteiger partial charge on any atom is 0.280 e. The fourth-order valence-electron chi connectivity index (χ4n) is 0.139. The molecule has 8 heavy (non-hydrogen) atoms. The fraction of sp³-hybridized carbons (Fsp3) is 0.750. The molecule has 0 rings (SSSR count). The molecule has 0 aliphatic rings. The molecule has 0 bridgehead atoms. The third kappa shape index (κ3) is 1.78. The summed E-state index contributed by atoms with van der Waals surface area (Å²) in [5, 5.41) is 15.8. The van der Waals surface area contributed by atoms with Crippen LogP contribution in [0.3, 0.4) is 0 Å². The van der Waals surface area contributed by atoms with E-state index in [-0.39, 0.29) is 6.42 Å². The molecule has 48 valence electrons. The summed E-state index contributed by atoms with van der Waals surface area (Å²) in [6.07, 6.45) is -0.0880. The van der Waals surface area contributed by atoms with E-state index in [4.69, 9.17) is 21.8 Å². The lowest BCUT2D eigenvalue weighted by atomic mass is 10.2. The first-order valence-electron chi connectivity index (χ1n) is 2.15. The topological polar surface area (TPSA) is 57.5 Å². The van der Waals surface area contributed by atoms with Crippen LogP contribution in [-0.4, -0.2) is 21.2 Å². The molecule has 0 aliphatic heterocycles. The van der Waals surface area contributed by atoms with Crippen molar-refractivity contribution < 1.29 is 15.0 Å². The van der Waals surface area contributed by atoms with Crippen LogP contribution in [0.5, 0.6) is 0 Å². The van der Waals surface area contributed by atoms with Crippen LogP contribution in [0.1, 0.15) is 13.3 Å². The summed E-state index contributed by atoms with van der Waals surface area (Å²) in [7, 11) is 0. The first-order chi connectivity index (χ1) is 3.50. The van der Waals surface area contributed by atoms with Crippen LogP contribution in [-0.2, 0) is 4.79 Å². The Bertz CT molecular complexity index is 99.5. The molecule has 0 fully saturated rings. The average molecular weight is 139 g/mol. The minimum Gasteiger partial charge on any atom is -0.359 e. The molecule has 2 N–H and O–H groups in total. The van der Waals surface area contributed by atoms with Crippen molar-refractivity contribution in [3.8, 4) is 0 Å². The molecule has 0 saturated heterocycles. The maximum atomic E-state index is 9.96. The Hall–Kier alpha value is -0.120. The molecular formula is C4H7ClO3. The third-order valence-corrected chi connectivity index (χ3v) is 1.11. The average Bonchev–Trinajstić information content (AvgIpc) is 1.67. The van der Waals surface area contributed by atoms with Gasteiger partial charge in [-0.3, -0.25) is 4.79 Å². The van der Waals surface area contributed by atoms with Crippen molar-refractivity contribution in [3.63, 3.8) is 0 Å². The van der Waals surface area contributed by atoms with Gasteiger partial charge >= 0.3 is 0 Å². The normalized spacial score (nSPS) is 11.5. The number of rotatable bonds is 2. The van der Waals surface area contributed by atoms with Crippen LogP contribution in [0.25, 0.3) is 0 Å². The van der Waals surface area contributed by atoms with E-state index in [9.17, 15) is 4.79 Å². The molecule has 0 radical (unpaired) electrons. The van der Waals surface area contributed by atoms with E-state index >= 15 is 0 Å². The molecule has 3 nitrogen and oxygen atoms in total. The van der Waals surface area contributed by atoms with E-state index in [0.29, 0.717) is 0 Å². The van der Waals surface area contributed by atoms with Crippen molar-refractivity contribution in [2.75, 3.05) is 0 Å². The molecule has 0 saturated carbocycles. The highest BCUT2D eigenvalue weighted by Gasteiger charge is 2.28. The van der Waals surface area contributed by atoms with Crippen molar-refractivity contribution in [2.24, 2.45) is 0 Å². The Labute approximate surface area is 51.9 Å². The highest BCUT2D eigenvalue weighted by molar-refractivity contribution is 6.65. The smallest absolute Gasteiger partial charge is 0.280 e. The number of hydrogen-bond acceptors (Lipinski definition) is 3. The van der Waals surface area contributed by atoms with Gasteiger partial charge in [0.25, 0.3) is 5.24 Å². The van der Waals surface area contributed by atoms with Gasteiger partial charge in [-0.15, -0.1) is 0 Å². The zero-order valence-corrected chi connectivity index (χ0v) is 5.14. The molecule has 0 spiro atoms. The van der Waals surface area contributed by atoms with Gasteiger partial charge in [0.1, 0.15) is 0 Å². The van der Waals surface area contributed by atoms with Crippen LogP contribution in [0.2, 0.25) is 0 Å². The van der Waals surface area contributed by atoms with E-state index < -0.39 is 11.0 Å². The van der Waals surface area contributed by atoms with Gasteiger partial charge in [-0.05, 0) is 11.6 Å². The number of hydrogen-bond donors (Lipinski definition) is 2. The van der Waals surface area contributed by atoms with Gasteiger partial charge in [-0.1, -0.05) is 6.92 Å². The largest absolute Gasteiger partial charge is 0.359 e. The molecule has 0 aromatic heterocycles. The zero-order chi connectivity index (χ0) is 6.78. The Morgan fingerprint density at radius 2 is 2.12 bits per heavy atom. The van der Waals surface area contributed by atoms with Gasteiger partial charge in [0.2, 0.25) is 5.79 Å². The standard InChI is InChI=1S/C4H7ClO3/c1-2-4(7,8)3(5)6/h7-8H,2H2,1H3. The molecule has 0 amide bonds. The van der Waals surface area contributed by atoms with E-state index in [1.54, 1.807) is 0 Å². The second-order valence-electron chi connectivity index (χ2n) is 1.44. The summed E-state index contributed by atoms with van der Waals surface area (Å²) >= 11 is 4.73. The Morgan fingerprint density at radius 1 is 1.75 bits per heavy atom. The Kier molecular flexibility index (Phi) is 2.40. The van der Waals surface area contributed by atoms with Crippen LogP contribution < -0.4 is 0 Å².